The lowest BCUT2D eigenvalue weighted by molar-refractivity contribution is 0.103. The Bertz CT molecular complexity index is 1160. The summed E-state index contributed by atoms with van der Waals surface area (Å²) in [6, 6.07) is 6.40. The molecule has 0 radical (unpaired) electrons. The minimum atomic E-state index is -0.442. The zero-order valence-corrected chi connectivity index (χ0v) is 28.8. The maximum atomic E-state index is 10.7. The van der Waals surface area contributed by atoms with E-state index < -0.39 is 6.10 Å². The summed E-state index contributed by atoms with van der Waals surface area (Å²) < 4.78 is 12.4. The monoisotopic (exact) mass is 653 g/mol. The number of likely N-dealkylation sites (N-methyl/N-ethyl adjacent to an activating group) is 1. The smallest absolute Gasteiger partial charge is 0.176 e. The molecule has 9 heteroatoms. The molecule has 2 aliphatic heterocycles. The third kappa shape index (κ3) is 11.0. The summed E-state index contributed by atoms with van der Waals surface area (Å²) in [5.41, 5.74) is 3.19. The maximum absolute atomic E-state index is 10.7. The number of hydrogen-bond donors (Lipinski definition) is 6. The fourth-order valence-corrected chi connectivity index (χ4v) is 7.23. The fraction of sp³-hybridized carbons (Fsp3) is 0.658. The molecule has 0 spiro atoms. The summed E-state index contributed by atoms with van der Waals surface area (Å²) in [5, 5.41) is 47.2. The average Bonchev–Trinajstić information content (AvgIpc) is 3.85. The SMILES string of the molecule is CCCCC1O[C-](CCc2ccc(O)c(OC[C@H](NCC)[C+]3C=C([C@H](C4CCCC4)[C@H](CCCO)NC[C@H](C)O)C=N3)c2)C=C1CO. The number of rotatable bonds is 22. The maximum Gasteiger partial charge on any atom is 0.176 e. The van der Waals surface area contributed by atoms with Crippen LogP contribution in [0.15, 0.2) is 46.5 Å². The number of aliphatic imine (C=N–C) groups is 1. The van der Waals surface area contributed by atoms with Gasteiger partial charge < -0.3 is 35.2 Å². The van der Waals surface area contributed by atoms with E-state index in [2.05, 4.69) is 30.6 Å². The number of phenolic OH excluding ortho intramolecular Hbond substituents is 1. The molecule has 6 N–H and O–H groups in total. The van der Waals surface area contributed by atoms with Crippen LogP contribution in [-0.2, 0) is 11.2 Å². The van der Waals surface area contributed by atoms with E-state index in [0.717, 1.165) is 61.9 Å². The molecule has 47 heavy (non-hydrogen) atoms. The van der Waals surface area contributed by atoms with Crippen LogP contribution in [0.4, 0.5) is 0 Å². The second-order valence-corrected chi connectivity index (χ2v) is 13.4. The van der Waals surface area contributed by atoms with Crippen LogP contribution in [0, 0.1) is 24.0 Å². The van der Waals surface area contributed by atoms with Gasteiger partial charge in [-0.05, 0) is 75.6 Å². The Morgan fingerprint density at radius 1 is 1.15 bits per heavy atom. The van der Waals surface area contributed by atoms with Gasteiger partial charge >= 0.3 is 0 Å². The van der Waals surface area contributed by atoms with Gasteiger partial charge in [0.2, 0.25) is 0 Å². The van der Waals surface area contributed by atoms with Crippen molar-refractivity contribution in [2.75, 3.05) is 32.9 Å². The number of hydrogen-bond acceptors (Lipinski definition) is 9. The van der Waals surface area contributed by atoms with Crippen LogP contribution < -0.4 is 15.4 Å². The van der Waals surface area contributed by atoms with Crippen LogP contribution >= 0.6 is 0 Å². The number of phenols is 1. The van der Waals surface area contributed by atoms with Gasteiger partial charge in [-0.15, -0.1) is 4.99 Å². The van der Waals surface area contributed by atoms with Gasteiger partial charge in [-0.3, -0.25) is 5.32 Å². The Morgan fingerprint density at radius 3 is 2.66 bits per heavy atom. The highest BCUT2D eigenvalue weighted by Crippen LogP contribution is 2.40. The molecule has 1 aromatic rings. The Balaban J connectivity index is 1.41. The van der Waals surface area contributed by atoms with Crippen molar-refractivity contribution in [3.63, 3.8) is 0 Å². The van der Waals surface area contributed by atoms with Crippen molar-refractivity contribution in [1.29, 1.82) is 0 Å². The van der Waals surface area contributed by atoms with Crippen molar-refractivity contribution in [3.8, 4) is 11.5 Å². The van der Waals surface area contributed by atoms with Crippen molar-refractivity contribution >= 4 is 6.21 Å². The van der Waals surface area contributed by atoms with E-state index in [-0.39, 0.29) is 43.1 Å². The number of nitrogens with zero attached hydrogens (tertiary/aromatic N) is 1. The molecule has 1 aliphatic carbocycles. The first-order chi connectivity index (χ1) is 22.9. The average molecular weight is 654 g/mol. The molecule has 0 saturated heterocycles. The van der Waals surface area contributed by atoms with Crippen molar-refractivity contribution in [2.45, 2.75) is 116 Å². The molecule has 262 valence electrons. The zero-order chi connectivity index (χ0) is 33.6. The molecule has 0 aromatic heterocycles. The summed E-state index contributed by atoms with van der Waals surface area (Å²) in [4.78, 5) is 4.88. The van der Waals surface area contributed by atoms with Crippen LogP contribution in [-0.4, -0.2) is 83.8 Å². The van der Waals surface area contributed by atoms with Gasteiger partial charge in [-0.2, -0.15) is 11.6 Å². The van der Waals surface area contributed by atoms with Crippen LogP contribution in [0.1, 0.15) is 90.5 Å². The molecule has 5 atom stereocenters. The minimum Gasteiger partial charge on any atom is -0.504 e. The van der Waals surface area contributed by atoms with Crippen LogP contribution in [0.2, 0.25) is 0 Å². The van der Waals surface area contributed by atoms with Gasteiger partial charge in [0.15, 0.2) is 23.8 Å². The van der Waals surface area contributed by atoms with Crippen LogP contribution in [0.25, 0.3) is 0 Å². The third-order valence-corrected chi connectivity index (χ3v) is 9.71. The lowest BCUT2D eigenvalue weighted by Crippen LogP contribution is -2.43. The summed E-state index contributed by atoms with van der Waals surface area (Å²) in [6.07, 6.45) is 17.5. The van der Waals surface area contributed by atoms with E-state index >= 15 is 0 Å². The first-order valence-corrected chi connectivity index (χ1v) is 18.0. The highest BCUT2D eigenvalue weighted by molar-refractivity contribution is 5.84. The summed E-state index contributed by atoms with van der Waals surface area (Å²) >= 11 is 0. The van der Waals surface area contributed by atoms with Gasteiger partial charge in [-0.25, -0.2) is 0 Å². The van der Waals surface area contributed by atoms with E-state index in [4.69, 9.17) is 14.5 Å². The number of aryl methyl sites for hydroxylation is 1. The lowest BCUT2D eigenvalue weighted by atomic mass is 9.77. The number of aromatic hydroxyl groups is 1. The first kappa shape index (κ1) is 37.3. The second-order valence-electron chi connectivity index (χ2n) is 13.4. The van der Waals surface area contributed by atoms with Crippen molar-refractivity contribution in [3.05, 3.63) is 59.2 Å². The topological polar surface area (TPSA) is 136 Å². The van der Waals surface area contributed by atoms with Gasteiger partial charge in [0.05, 0.1) is 18.1 Å². The Hall–Kier alpha value is -2.53. The number of aliphatic hydroxyl groups is 3. The predicted octanol–water partition coefficient (Wildman–Crippen LogP) is 5.18. The van der Waals surface area contributed by atoms with E-state index in [0.29, 0.717) is 37.7 Å². The number of unbranched alkanes of at least 4 members (excludes halogenated alkanes) is 1. The highest BCUT2D eigenvalue weighted by atomic mass is 16.5. The molecule has 1 saturated carbocycles. The van der Waals surface area contributed by atoms with Gasteiger partial charge in [0.1, 0.15) is 18.2 Å². The molecule has 9 nitrogen and oxygen atoms in total. The Kier molecular flexibility index (Phi) is 15.4. The number of aliphatic hydroxyl groups excluding tert-OH is 3. The van der Waals surface area contributed by atoms with E-state index in [1.807, 2.05) is 24.4 Å². The quantitative estimate of drug-likeness (QED) is 0.0943. The van der Waals surface area contributed by atoms with Crippen LogP contribution in [0.3, 0.4) is 0 Å². The van der Waals surface area contributed by atoms with Gasteiger partial charge in [0, 0.05) is 31.9 Å². The van der Waals surface area contributed by atoms with E-state index in [1.54, 1.807) is 13.0 Å². The predicted molar refractivity (Wildman–Crippen MR) is 187 cm³/mol. The highest BCUT2D eigenvalue weighted by Gasteiger charge is 2.41. The lowest BCUT2D eigenvalue weighted by Gasteiger charge is -2.30. The van der Waals surface area contributed by atoms with E-state index in [1.165, 1.54) is 31.3 Å². The molecule has 3 aliphatic rings. The third-order valence-electron chi connectivity index (χ3n) is 9.71. The molecular weight excluding hydrogens is 594 g/mol. The number of nitrogens with one attached hydrogen (secondary N) is 2. The summed E-state index contributed by atoms with van der Waals surface area (Å²) in [6.45, 7) is 7.76. The molecule has 0 amide bonds. The molecule has 4 rings (SSSR count). The van der Waals surface area contributed by atoms with E-state index in [9.17, 15) is 20.4 Å². The fourth-order valence-electron chi connectivity index (χ4n) is 7.23. The molecule has 1 fully saturated rings. The normalized spacial score (nSPS) is 20.9. The molecule has 1 unspecified atom stereocenters. The standard InChI is InChI=1S/C38H59N3O6/c1-4-6-13-36-30(24-43)20-31(47-36)16-14-27-15-17-35(45)37(19-27)46-25-34(39-5-2)33-21-29(23-41-33)38(28-10-7-8-11-28)32(12-9-18-42)40-22-26(3)44/h15,17,19-21,23,26,28,32,34,36,38-40,42-45H,4-14,16,18,22,24-25H2,1-3H3/t26-,32-,34-,36?,38-/m0/s1. The van der Waals surface area contributed by atoms with Gasteiger partial charge in [-0.1, -0.05) is 58.1 Å². The Morgan fingerprint density at radius 2 is 1.96 bits per heavy atom. The van der Waals surface area contributed by atoms with Crippen molar-refractivity contribution < 1.29 is 29.9 Å². The summed E-state index contributed by atoms with van der Waals surface area (Å²) in [5.74, 6) is 1.33. The molecular formula is C38H59N3O6. The van der Waals surface area contributed by atoms with Crippen LogP contribution in [0.5, 0.6) is 11.5 Å². The zero-order valence-electron chi connectivity index (χ0n) is 28.8. The molecule has 2 heterocycles. The second kappa shape index (κ2) is 19.5. The van der Waals surface area contributed by atoms with Crippen molar-refractivity contribution in [1.82, 2.24) is 10.6 Å². The van der Waals surface area contributed by atoms with Gasteiger partial charge in [0.25, 0.3) is 0 Å². The van der Waals surface area contributed by atoms with Crippen molar-refractivity contribution in [2.24, 2.45) is 16.8 Å². The largest absolute Gasteiger partial charge is 0.504 e. The Labute approximate surface area is 282 Å². The minimum absolute atomic E-state index is 0.0210. The first-order valence-electron chi connectivity index (χ1n) is 18.0. The molecule has 1 aromatic carbocycles. The summed E-state index contributed by atoms with van der Waals surface area (Å²) in [7, 11) is 0. The number of ether oxygens (including phenoxy) is 2. The molecule has 0 bridgehead atoms. The number of benzene rings is 1.